The number of rotatable bonds is 5. The van der Waals surface area contributed by atoms with Crippen molar-refractivity contribution in [3.63, 3.8) is 0 Å². The maximum Gasteiger partial charge on any atom is 0.182 e. The van der Waals surface area contributed by atoms with Gasteiger partial charge in [-0.25, -0.2) is 0 Å². The van der Waals surface area contributed by atoms with Crippen LogP contribution in [0.15, 0.2) is 60.8 Å². The van der Waals surface area contributed by atoms with Crippen LogP contribution in [0.2, 0.25) is 5.02 Å². The highest BCUT2D eigenvalue weighted by atomic mass is 35.5. The average molecular weight is 379 g/mol. The van der Waals surface area contributed by atoms with Crippen molar-refractivity contribution < 1.29 is 4.79 Å². The van der Waals surface area contributed by atoms with Crippen LogP contribution < -0.4 is 4.80 Å². The smallest absolute Gasteiger partial charge is 0.182 e. The molecule has 1 heterocycles. The second kappa shape index (κ2) is 8.29. The first-order chi connectivity index (χ1) is 11.1. The van der Waals surface area contributed by atoms with Crippen LogP contribution in [0.5, 0.6) is 0 Å². The van der Waals surface area contributed by atoms with E-state index in [0.29, 0.717) is 21.8 Å². The van der Waals surface area contributed by atoms with Gasteiger partial charge in [0.2, 0.25) is 0 Å². The Morgan fingerprint density at radius 1 is 1.12 bits per heavy atom. The van der Waals surface area contributed by atoms with Crippen molar-refractivity contribution in [2.45, 2.75) is 13.0 Å². The molecule has 24 heavy (non-hydrogen) atoms. The zero-order valence-electron chi connectivity index (χ0n) is 12.7. The normalized spacial score (nSPS) is 10.2. The number of hydrogen-bond acceptors (Lipinski definition) is 3. The predicted octanol–water partition coefficient (Wildman–Crippen LogP) is 4.58. The molecule has 0 unspecified atom stereocenters. The van der Waals surface area contributed by atoms with Gasteiger partial charge in [0, 0.05) is 28.1 Å². The number of benzene rings is 2. The molecule has 0 saturated carbocycles. The van der Waals surface area contributed by atoms with Crippen molar-refractivity contribution in [1.82, 2.24) is 4.57 Å². The van der Waals surface area contributed by atoms with Gasteiger partial charge in [-0.3, -0.25) is 10.2 Å². The quantitative estimate of drug-likeness (QED) is 0.648. The van der Waals surface area contributed by atoms with Crippen LogP contribution in [0.3, 0.4) is 0 Å². The molecular weight excluding hydrogens is 363 g/mol. The van der Waals surface area contributed by atoms with Gasteiger partial charge in [-0.15, -0.1) is 23.7 Å². The summed E-state index contributed by atoms with van der Waals surface area (Å²) < 4.78 is 1.69. The molecule has 1 N–H and O–H groups in total. The van der Waals surface area contributed by atoms with E-state index in [9.17, 15) is 4.79 Å². The summed E-state index contributed by atoms with van der Waals surface area (Å²) in [5, 5.41) is 8.76. The fraction of sp³-hybridized carbons (Fsp3) is 0.111. The van der Waals surface area contributed by atoms with Crippen molar-refractivity contribution in [1.29, 1.82) is 5.41 Å². The summed E-state index contributed by atoms with van der Waals surface area (Å²) in [7, 11) is 0. The fourth-order valence-corrected chi connectivity index (χ4v) is 3.47. The minimum absolute atomic E-state index is 0. The molecule has 2 aromatic carbocycles. The number of nitrogens with one attached hydrogen (secondary N) is 1. The Kier molecular flexibility index (Phi) is 6.37. The van der Waals surface area contributed by atoms with Crippen LogP contribution in [0.4, 0.5) is 0 Å². The Balaban J connectivity index is 0.00000208. The molecular formula is C18H16Cl2N2OS. The lowest BCUT2D eigenvalue weighted by atomic mass is 10.1. The molecule has 3 aromatic rings. The van der Waals surface area contributed by atoms with E-state index in [1.165, 1.54) is 11.3 Å². The maximum absolute atomic E-state index is 12.3. The Labute approximate surface area is 155 Å². The third kappa shape index (κ3) is 4.57. The largest absolute Gasteiger partial charge is 0.316 e. The van der Waals surface area contributed by atoms with E-state index < -0.39 is 0 Å². The molecule has 6 heteroatoms. The van der Waals surface area contributed by atoms with Crippen LogP contribution >= 0.6 is 35.3 Å². The molecule has 0 fully saturated rings. The van der Waals surface area contributed by atoms with Gasteiger partial charge in [-0.05, 0) is 17.7 Å². The molecule has 1 aromatic heterocycles. The van der Waals surface area contributed by atoms with Crippen molar-refractivity contribution in [2.24, 2.45) is 0 Å². The summed E-state index contributed by atoms with van der Waals surface area (Å²) >= 11 is 7.39. The van der Waals surface area contributed by atoms with Crippen LogP contribution in [0.1, 0.15) is 20.8 Å². The van der Waals surface area contributed by atoms with Crippen LogP contribution in [0.25, 0.3) is 0 Å². The first-order valence-corrected chi connectivity index (χ1v) is 8.38. The van der Waals surface area contributed by atoms with Gasteiger partial charge in [-0.1, -0.05) is 54.1 Å². The SMILES string of the molecule is Cl.N=c1sc(Cc2cccc(Cl)c2)cn1CC(=O)c1ccccc1. The third-order valence-corrected chi connectivity index (χ3v) is 4.64. The Bertz CT molecular complexity index is 887. The third-order valence-electron chi connectivity index (χ3n) is 3.47. The summed E-state index contributed by atoms with van der Waals surface area (Å²) in [6.45, 7) is 0.189. The lowest BCUT2D eigenvalue weighted by Gasteiger charge is -2.02. The number of carbonyl (C=O) groups is 1. The number of halogens is 2. The maximum atomic E-state index is 12.3. The minimum Gasteiger partial charge on any atom is -0.316 e. The van der Waals surface area contributed by atoms with Crippen molar-refractivity contribution in [2.75, 3.05) is 0 Å². The second-order valence-electron chi connectivity index (χ2n) is 5.23. The molecule has 0 radical (unpaired) electrons. The summed E-state index contributed by atoms with van der Waals surface area (Å²) in [6.07, 6.45) is 2.60. The minimum atomic E-state index is 0. The zero-order chi connectivity index (χ0) is 16.2. The summed E-state index contributed by atoms with van der Waals surface area (Å²) in [5.41, 5.74) is 1.77. The summed E-state index contributed by atoms with van der Waals surface area (Å²) in [5.74, 6) is 0.0104. The average Bonchev–Trinajstić information content (AvgIpc) is 2.87. The molecule has 0 aliphatic heterocycles. The Hall–Kier alpha value is -1.88. The van der Waals surface area contributed by atoms with Gasteiger partial charge in [0.05, 0.1) is 6.54 Å². The highest BCUT2D eigenvalue weighted by molar-refractivity contribution is 7.09. The fourth-order valence-electron chi connectivity index (χ4n) is 2.36. The van der Waals surface area contributed by atoms with Crippen LogP contribution in [-0.4, -0.2) is 10.4 Å². The van der Waals surface area contributed by atoms with Gasteiger partial charge < -0.3 is 4.57 Å². The van der Waals surface area contributed by atoms with Crippen LogP contribution in [0, 0.1) is 5.41 Å². The zero-order valence-corrected chi connectivity index (χ0v) is 15.1. The molecule has 0 bridgehead atoms. The highest BCUT2D eigenvalue weighted by Gasteiger charge is 2.09. The monoisotopic (exact) mass is 378 g/mol. The lowest BCUT2D eigenvalue weighted by molar-refractivity contribution is 0.0971. The van der Waals surface area contributed by atoms with Gasteiger partial charge in [-0.2, -0.15) is 0 Å². The number of thiazole rings is 1. The summed E-state index contributed by atoms with van der Waals surface area (Å²) in [4.78, 5) is 13.7. The number of ketones is 1. The van der Waals surface area contributed by atoms with E-state index >= 15 is 0 Å². The molecule has 124 valence electrons. The van der Waals surface area contributed by atoms with E-state index in [1.807, 2.05) is 48.7 Å². The number of nitrogens with zero attached hydrogens (tertiary/aromatic N) is 1. The van der Waals surface area contributed by atoms with Gasteiger partial charge in [0.25, 0.3) is 0 Å². The van der Waals surface area contributed by atoms with Crippen LogP contribution in [-0.2, 0) is 13.0 Å². The topological polar surface area (TPSA) is 45.9 Å². The first kappa shape index (κ1) is 18.5. The standard InChI is InChI=1S/C18H15ClN2OS.ClH/c19-15-8-4-5-13(9-15)10-16-11-21(18(20)23-16)12-17(22)14-6-2-1-3-7-14;/h1-9,11,20H,10,12H2;1H. The number of carbonyl (C=O) groups excluding carboxylic acids is 1. The lowest BCUT2D eigenvalue weighted by Crippen LogP contribution is -2.18. The molecule has 0 atom stereocenters. The number of Topliss-reactive ketones (excluding diaryl/α,β-unsaturated/α-hetero) is 1. The van der Waals surface area contributed by atoms with Crippen molar-refractivity contribution in [3.8, 4) is 0 Å². The number of hydrogen-bond donors (Lipinski definition) is 1. The van der Waals surface area contributed by atoms with E-state index in [1.54, 1.807) is 16.7 Å². The van der Waals surface area contributed by atoms with Crippen molar-refractivity contribution in [3.05, 3.63) is 86.6 Å². The molecule has 3 rings (SSSR count). The molecule has 0 aliphatic rings. The van der Waals surface area contributed by atoms with E-state index in [4.69, 9.17) is 17.0 Å². The highest BCUT2D eigenvalue weighted by Crippen LogP contribution is 2.16. The molecule has 0 saturated heterocycles. The van der Waals surface area contributed by atoms with E-state index in [-0.39, 0.29) is 24.7 Å². The predicted molar refractivity (Wildman–Crippen MR) is 100 cm³/mol. The number of aromatic nitrogens is 1. The van der Waals surface area contributed by atoms with Gasteiger partial charge in [0.1, 0.15) is 0 Å². The summed E-state index contributed by atoms with van der Waals surface area (Å²) in [6, 6.07) is 16.9. The second-order valence-corrected chi connectivity index (χ2v) is 6.78. The van der Waals surface area contributed by atoms with Gasteiger partial charge >= 0.3 is 0 Å². The van der Waals surface area contributed by atoms with Gasteiger partial charge in [0.15, 0.2) is 10.6 Å². The van der Waals surface area contributed by atoms with E-state index in [2.05, 4.69) is 0 Å². The first-order valence-electron chi connectivity index (χ1n) is 7.18. The molecule has 0 aliphatic carbocycles. The van der Waals surface area contributed by atoms with E-state index in [0.717, 1.165) is 10.4 Å². The molecule has 0 amide bonds. The van der Waals surface area contributed by atoms with Crippen molar-refractivity contribution >= 4 is 41.1 Å². The Morgan fingerprint density at radius 3 is 2.58 bits per heavy atom. The molecule has 3 nitrogen and oxygen atoms in total. The Morgan fingerprint density at radius 2 is 1.88 bits per heavy atom. The molecule has 0 spiro atoms.